The summed E-state index contributed by atoms with van der Waals surface area (Å²) in [5.41, 5.74) is 5.16. The molecule has 25 heavy (non-hydrogen) atoms. The van der Waals surface area contributed by atoms with Crippen LogP contribution in [0.2, 0.25) is 0 Å². The zero-order valence-corrected chi connectivity index (χ0v) is 14.4. The summed E-state index contributed by atoms with van der Waals surface area (Å²) in [6.45, 7) is 0. The third-order valence-corrected chi connectivity index (χ3v) is 5.23. The van der Waals surface area contributed by atoms with E-state index < -0.39 is 0 Å². The van der Waals surface area contributed by atoms with Crippen LogP contribution in [0.15, 0.2) is 54.7 Å². The van der Waals surface area contributed by atoms with E-state index in [1.165, 1.54) is 27.6 Å². The van der Waals surface area contributed by atoms with E-state index in [4.69, 9.17) is 0 Å². The second kappa shape index (κ2) is 7.14. The first-order chi connectivity index (χ1) is 12.3. The summed E-state index contributed by atoms with van der Waals surface area (Å²) < 4.78 is 0. The monoisotopic (exact) mass is 332 g/mol. The van der Waals surface area contributed by atoms with E-state index >= 15 is 0 Å². The number of rotatable bonds is 5. The van der Waals surface area contributed by atoms with Crippen molar-refractivity contribution in [2.45, 2.75) is 44.6 Å². The molecule has 1 amide bonds. The van der Waals surface area contributed by atoms with Crippen LogP contribution in [0.3, 0.4) is 0 Å². The molecule has 0 spiro atoms. The number of carbonyl (C=O) groups excluding carboxylic acids is 1. The van der Waals surface area contributed by atoms with E-state index in [1.807, 2.05) is 6.07 Å². The van der Waals surface area contributed by atoms with Crippen molar-refractivity contribution in [3.8, 4) is 0 Å². The van der Waals surface area contributed by atoms with Crippen LogP contribution in [0.4, 0.5) is 0 Å². The Labute approximate surface area is 148 Å². The highest BCUT2D eigenvalue weighted by Crippen LogP contribution is 2.29. The lowest BCUT2D eigenvalue weighted by molar-refractivity contribution is -0.122. The Morgan fingerprint density at radius 2 is 1.96 bits per heavy atom. The number of hydrogen-bond acceptors (Lipinski definition) is 1. The van der Waals surface area contributed by atoms with Crippen LogP contribution in [0.1, 0.15) is 48.4 Å². The number of hydrogen-bond donors (Lipinski definition) is 2. The molecule has 3 nitrogen and oxygen atoms in total. The summed E-state index contributed by atoms with van der Waals surface area (Å²) in [6.07, 6.45) is 7.78. The third kappa shape index (κ3) is 3.46. The zero-order chi connectivity index (χ0) is 17.1. The molecule has 1 atom stereocenters. The maximum absolute atomic E-state index is 12.4. The molecule has 128 valence electrons. The van der Waals surface area contributed by atoms with Gasteiger partial charge in [-0.3, -0.25) is 4.79 Å². The van der Waals surface area contributed by atoms with Gasteiger partial charge in [-0.25, -0.2) is 0 Å². The van der Waals surface area contributed by atoms with E-state index in [-0.39, 0.29) is 11.9 Å². The Kier molecular flexibility index (Phi) is 4.55. The summed E-state index contributed by atoms with van der Waals surface area (Å²) in [7, 11) is 0. The van der Waals surface area contributed by atoms with Crippen LogP contribution in [0.5, 0.6) is 0 Å². The summed E-state index contributed by atoms with van der Waals surface area (Å²) in [5, 5.41) is 4.51. The molecular weight excluding hydrogens is 308 g/mol. The lowest BCUT2D eigenvalue weighted by atomic mass is 9.87. The first kappa shape index (κ1) is 15.9. The Morgan fingerprint density at radius 3 is 2.92 bits per heavy atom. The number of carbonyl (C=O) groups is 1. The molecule has 0 unspecified atom stereocenters. The second-order valence-electron chi connectivity index (χ2n) is 6.92. The second-order valence-corrected chi connectivity index (χ2v) is 6.92. The number of fused-ring (bicyclic) bond motifs is 2. The van der Waals surface area contributed by atoms with Crippen molar-refractivity contribution >= 4 is 16.8 Å². The summed E-state index contributed by atoms with van der Waals surface area (Å²) in [6, 6.07) is 17.0. The van der Waals surface area contributed by atoms with Gasteiger partial charge in [0, 0.05) is 23.5 Å². The average molecular weight is 332 g/mol. The number of aromatic nitrogens is 1. The lowest BCUT2D eigenvalue weighted by Crippen LogP contribution is -2.30. The molecule has 1 aliphatic carbocycles. The minimum absolute atomic E-state index is 0.168. The quantitative estimate of drug-likeness (QED) is 0.700. The van der Waals surface area contributed by atoms with Gasteiger partial charge in [0.15, 0.2) is 0 Å². The highest BCUT2D eigenvalue weighted by molar-refractivity contribution is 5.83. The number of nitrogens with one attached hydrogen (secondary N) is 2. The molecule has 4 rings (SSSR count). The number of benzene rings is 2. The molecule has 0 saturated carbocycles. The molecule has 0 bridgehead atoms. The van der Waals surface area contributed by atoms with Crippen LogP contribution in [0, 0.1) is 0 Å². The predicted octanol–water partition coefficient (Wildman–Crippen LogP) is 4.68. The summed E-state index contributed by atoms with van der Waals surface area (Å²) >= 11 is 0. The van der Waals surface area contributed by atoms with Crippen molar-refractivity contribution in [1.82, 2.24) is 10.3 Å². The summed E-state index contributed by atoms with van der Waals surface area (Å²) in [5.74, 6) is 0.168. The fourth-order valence-electron chi connectivity index (χ4n) is 3.95. The molecule has 0 aliphatic heterocycles. The smallest absolute Gasteiger partial charge is 0.220 e. The fourth-order valence-corrected chi connectivity index (χ4v) is 3.95. The van der Waals surface area contributed by atoms with Gasteiger partial charge in [-0.15, -0.1) is 0 Å². The van der Waals surface area contributed by atoms with Crippen LogP contribution < -0.4 is 5.32 Å². The van der Waals surface area contributed by atoms with Crippen molar-refractivity contribution in [1.29, 1.82) is 0 Å². The number of H-pyrrole nitrogens is 1. The molecule has 0 fully saturated rings. The zero-order valence-electron chi connectivity index (χ0n) is 14.4. The molecule has 1 aromatic heterocycles. The van der Waals surface area contributed by atoms with Gasteiger partial charge in [0.1, 0.15) is 0 Å². The Morgan fingerprint density at radius 1 is 1.12 bits per heavy atom. The van der Waals surface area contributed by atoms with E-state index in [2.05, 4.69) is 59.0 Å². The third-order valence-electron chi connectivity index (χ3n) is 5.23. The molecular formula is C22H24N2O. The number of aryl methyl sites for hydroxylation is 2. The lowest BCUT2D eigenvalue weighted by Gasteiger charge is -2.26. The highest BCUT2D eigenvalue weighted by atomic mass is 16.1. The van der Waals surface area contributed by atoms with Crippen molar-refractivity contribution in [2.75, 3.05) is 0 Å². The molecule has 1 aliphatic rings. The maximum Gasteiger partial charge on any atom is 0.220 e. The van der Waals surface area contributed by atoms with Gasteiger partial charge in [0.05, 0.1) is 6.04 Å². The van der Waals surface area contributed by atoms with Gasteiger partial charge in [0.25, 0.3) is 0 Å². The van der Waals surface area contributed by atoms with Crippen molar-refractivity contribution < 1.29 is 4.79 Å². The van der Waals surface area contributed by atoms with Crippen molar-refractivity contribution in [3.05, 3.63) is 71.4 Å². The van der Waals surface area contributed by atoms with Gasteiger partial charge in [-0.2, -0.15) is 0 Å². The molecule has 3 heteroatoms. The molecule has 1 heterocycles. The van der Waals surface area contributed by atoms with Gasteiger partial charge in [-0.05, 0) is 54.9 Å². The van der Waals surface area contributed by atoms with Crippen LogP contribution >= 0.6 is 0 Å². The predicted molar refractivity (Wildman–Crippen MR) is 102 cm³/mol. The highest BCUT2D eigenvalue weighted by Gasteiger charge is 2.21. The van der Waals surface area contributed by atoms with Crippen molar-refractivity contribution in [3.63, 3.8) is 0 Å². The minimum atomic E-state index is 0.168. The van der Waals surface area contributed by atoms with Crippen molar-refractivity contribution in [2.24, 2.45) is 0 Å². The topological polar surface area (TPSA) is 44.9 Å². The van der Waals surface area contributed by atoms with Crippen LogP contribution in [-0.2, 0) is 17.6 Å². The first-order valence-corrected chi connectivity index (χ1v) is 9.23. The normalized spacial score (nSPS) is 16.6. The molecule has 0 radical (unpaired) electrons. The number of para-hydroxylation sites is 1. The minimum Gasteiger partial charge on any atom is -0.361 e. The van der Waals surface area contributed by atoms with Crippen LogP contribution in [0.25, 0.3) is 10.9 Å². The summed E-state index contributed by atoms with van der Waals surface area (Å²) in [4.78, 5) is 15.7. The molecule has 3 aromatic rings. The SMILES string of the molecule is O=C(CCCc1c[nH]c2ccccc12)N[C@H]1CCCc2ccccc21. The van der Waals surface area contributed by atoms with Crippen LogP contribution in [-0.4, -0.2) is 10.9 Å². The average Bonchev–Trinajstić information content (AvgIpc) is 3.05. The Bertz CT molecular complexity index is 880. The largest absolute Gasteiger partial charge is 0.361 e. The van der Waals surface area contributed by atoms with E-state index in [9.17, 15) is 4.79 Å². The maximum atomic E-state index is 12.4. The van der Waals surface area contributed by atoms with Gasteiger partial charge in [0.2, 0.25) is 5.91 Å². The standard InChI is InChI=1S/C22H24N2O/c25-22(24-21-13-5-8-16-7-1-2-10-18(16)21)14-6-9-17-15-23-20-12-4-3-11-19(17)20/h1-4,7,10-12,15,21,23H,5-6,8-9,13-14H2,(H,24,25)/t21-/m0/s1. The van der Waals surface area contributed by atoms with Gasteiger partial charge >= 0.3 is 0 Å². The number of amides is 1. The van der Waals surface area contributed by atoms with E-state index in [1.54, 1.807) is 0 Å². The Hall–Kier alpha value is -2.55. The van der Waals surface area contributed by atoms with E-state index in [0.717, 1.165) is 32.1 Å². The van der Waals surface area contributed by atoms with Gasteiger partial charge in [-0.1, -0.05) is 42.5 Å². The first-order valence-electron chi connectivity index (χ1n) is 9.23. The fraction of sp³-hybridized carbons (Fsp3) is 0.318. The Balaban J connectivity index is 1.33. The van der Waals surface area contributed by atoms with E-state index in [0.29, 0.717) is 6.42 Å². The van der Waals surface area contributed by atoms with Gasteiger partial charge < -0.3 is 10.3 Å². The molecule has 2 aromatic carbocycles. The molecule has 0 saturated heterocycles. The molecule has 2 N–H and O–H groups in total. The number of aromatic amines is 1.